The maximum Gasteiger partial charge on any atom is 0.242 e. The number of halogens is 1. The SMILES string of the molecule is COc1ccc(OC)c(N(CC(=O)Cl)S(C)(=O)=O)c1. The van der Waals surface area contributed by atoms with E-state index in [2.05, 4.69) is 0 Å². The van der Waals surface area contributed by atoms with Gasteiger partial charge in [-0.05, 0) is 23.7 Å². The Labute approximate surface area is 116 Å². The fourth-order valence-corrected chi connectivity index (χ4v) is 2.53. The number of nitrogens with zero attached hydrogens (tertiary/aromatic N) is 1. The topological polar surface area (TPSA) is 72.9 Å². The molecule has 1 aromatic rings. The van der Waals surface area contributed by atoms with E-state index in [1.165, 1.54) is 20.3 Å². The lowest BCUT2D eigenvalue weighted by atomic mass is 10.2. The van der Waals surface area contributed by atoms with Crippen LogP contribution in [-0.2, 0) is 14.8 Å². The first-order valence-corrected chi connectivity index (χ1v) is 7.40. The molecule has 0 bridgehead atoms. The van der Waals surface area contributed by atoms with Gasteiger partial charge < -0.3 is 9.47 Å². The van der Waals surface area contributed by atoms with Crippen LogP contribution in [0.5, 0.6) is 11.5 Å². The van der Waals surface area contributed by atoms with E-state index in [0.29, 0.717) is 11.5 Å². The predicted molar refractivity (Wildman–Crippen MR) is 72.6 cm³/mol. The summed E-state index contributed by atoms with van der Waals surface area (Å²) in [6, 6.07) is 4.62. The Morgan fingerprint density at radius 1 is 1.32 bits per heavy atom. The maximum atomic E-state index is 11.8. The summed E-state index contributed by atoms with van der Waals surface area (Å²) in [7, 11) is -0.833. The molecule has 0 aliphatic rings. The minimum Gasteiger partial charge on any atom is -0.497 e. The first-order valence-electron chi connectivity index (χ1n) is 5.17. The Hall–Kier alpha value is -1.47. The summed E-state index contributed by atoms with van der Waals surface area (Å²) in [5.74, 6) is 0.732. The molecule has 0 fully saturated rings. The van der Waals surface area contributed by atoms with Crippen molar-refractivity contribution in [3.8, 4) is 11.5 Å². The second kappa shape index (κ2) is 6.12. The number of sulfonamides is 1. The minimum atomic E-state index is -3.68. The van der Waals surface area contributed by atoms with E-state index in [4.69, 9.17) is 21.1 Å². The van der Waals surface area contributed by atoms with Gasteiger partial charge in [-0.2, -0.15) is 0 Å². The Morgan fingerprint density at radius 2 is 1.95 bits per heavy atom. The third-order valence-electron chi connectivity index (χ3n) is 2.32. The number of hydrogen-bond acceptors (Lipinski definition) is 5. The molecular weight excluding hydrogens is 294 g/mol. The van der Waals surface area contributed by atoms with Gasteiger partial charge in [0.05, 0.1) is 26.2 Å². The smallest absolute Gasteiger partial charge is 0.242 e. The van der Waals surface area contributed by atoms with E-state index < -0.39 is 21.8 Å². The number of carbonyl (C=O) groups is 1. The highest BCUT2D eigenvalue weighted by atomic mass is 35.5. The molecule has 0 unspecified atom stereocenters. The van der Waals surface area contributed by atoms with Gasteiger partial charge in [-0.25, -0.2) is 8.42 Å². The molecule has 0 amide bonds. The van der Waals surface area contributed by atoms with Crippen molar-refractivity contribution >= 4 is 32.6 Å². The number of hydrogen-bond donors (Lipinski definition) is 0. The van der Waals surface area contributed by atoms with Gasteiger partial charge >= 0.3 is 0 Å². The van der Waals surface area contributed by atoms with Crippen molar-refractivity contribution in [1.82, 2.24) is 0 Å². The Balaban J connectivity index is 3.39. The molecule has 0 heterocycles. The molecule has 6 nitrogen and oxygen atoms in total. The van der Waals surface area contributed by atoms with Crippen molar-refractivity contribution in [2.75, 3.05) is 31.3 Å². The third kappa shape index (κ3) is 4.00. The summed E-state index contributed by atoms with van der Waals surface area (Å²) >= 11 is 5.28. The molecule has 0 atom stereocenters. The lowest BCUT2D eigenvalue weighted by Crippen LogP contribution is -2.33. The fraction of sp³-hybridized carbons (Fsp3) is 0.364. The van der Waals surface area contributed by atoms with Gasteiger partial charge in [-0.3, -0.25) is 9.10 Å². The van der Waals surface area contributed by atoms with E-state index >= 15 is 0 Å². The monoisotopic (exact) mass is 307 g/mol. The molecule has 0 aliphatic heterocycles. The summed E-state index contributed by atoms with van der Waals surface area (Å²) in [4.78, 5) is 11.0. The first-order chi connectivity index (χ1) is 8.79. The normalized spacial score (nSPS) is 10.9. The van der Waals surface area contributed by atoms with E-state index in [-0.39, 0.29) is 5.69 Å². The molecule has 0 saturated heterocycles. The molecule has 8 heteroatoms. The number of ether oxygens (including phenoxy) is 2. The Bertz CT molecular complexity index is 572. The summed E-state index contributed by atoms with van der Waals surface area (Å²) in [5, 5.41) is -0.796. The minimum absolute atomic E-state index is 0.193. The van der Waals surface area contributed by atoms with Gasteiger partial charge in [0.1, 0.15) is 18.0 Å². The average Bonchev–Trinajstić information content (AvgIpc) is 2.33. The lowest BCUT2D eigenvalue weighted by Gasteiger charge is -2.23. The van der Waals surface area contributed by atoms with Gasteiger partial charge in [0, 0.05) is 6.07 Å². The van der Waals surface area contributed by atoms with Crippen molar-refractivity contribution < 1.29 is 22.7 Å². The van der Waals surface area contributed by atoms with E-state index in [1.54, 1.807) is 12.1 Å². The quantitative estimate of drug-likeness (QED) is 0.739. The summed E-state index contributed by atoms with van der Waals surface area (Å²) in [6.07, 6.45) is 0.978. The van der Waals surface area contributed by atoms with Gasteiger partial charge in [0.15, 0.2) is 0 Å². The van der Waals surface area contributed by atoms with Crippen LogP contribution in [0.3, 0.4) is 0 Å². The van der Waals surface area contributed by atoms with Crippen LogP contribution in [-0.4, -0.2) is 40.7 Å². The van der Waals surface area contributed by atoms with Crippen LogP contribution in [0.25, 0.3) is 0 Å². The van der Waals surface area contributed by atoms with E-state index in [0.717, 1.165) is 10.6 Å². The highest BCUT2D eigenvalue weighted by Gasteiger charge is 2.23. The fourth-order valence-electron chi connectivity index (χ4n) is 1.49. The van der Waals surface area contributed by atoms with Crippen LogP contribution in [0.4, 0.5) is 5.69 Å². The number of carbonyl (C=O) groups excluding carboxylic acids is 1. The molecule has 1 rings (SSSR count). The van der Waals surface area contributed by atoms with Crippen molar-refractivity contribution in [2.24, 2.45) is 0 Å². The molecule has 0 spiro atoms. The number of rotatable bonds is 6. The van der Waals surface area contributed by atoms with Crippen molar-refractivity contribution in [3.63, 3.8) is 0 Å². The zero-order valence-corrected chi connectivity index (χ0v) is 12.3. The first kappa shape index (κ1) is 15.6. The molecular formula is C11H14ClNO5S. The van der Waals surface area contributed by atoms with Crippen molar-refractivity contribution in [2.45, 2.75) is 0 Å². The third-order valence-corrected chi connectivity index (χ3v) is 3.57. The Morgan fingerprint density at radius 3 is 2.37 bits per heavy atom. The van der Waals surface area contributed by atoms with E-state index in [1.807, 2.05) is 0 Å². The molecule has 0 N–H and O–H groups in total. The van der Waals surface area contributed by atoms with Crippen LogP contribution in [0.1, 0.15) is 0 Å². The zero-order chi connectivity index (χ0) is 14.6. The zero-order valence-electron chi connectivity index (χ0n) is 10.7. The maximum absolute atomic E-state index is 11.8. The van der Waals surface area contributed by atoms with Crippen molar-refractivity contribution in [3.05, 3.63) is 18.2 Å². The number of methoxy groups -OCH3 is 2. The molecule has 1 aromatic carbocycles. The largest absolute Gasteiger partial charge is 0.497 e. The lowest BCUT2D eigenvalue weighted by molar-refractivity contribution is -0.110. The molecule has 0 radical (unpaired) electrons. The van der Waals surface area contributed by atoms with Crippen LogP contribution in [0, 0.1) is 0 Å². The second-order valence-electron chi connectivity index (χ2n) is 3.66. The van der Waals surface area contributed by atoms with Crippen molar-refractivity contribution in [1.29, 1.82) is 0 Å². The predicted octanol–water partition coefficient (Wildman–Crippen LogP) is 1.24. The van der Waals surface area contributed by atoms with Crippen LogP contribution >= 0.6 is 11.6 Å². The highest BCUT2D eigenvalue weighted by Crippen LogP contribution is 2.33. The Kier molecular flexibility index (Phi) is 5.02. The molecule has 106 valence electrons. The van der Waals surface area contributed by atoms with Crippen LogP contribution in [0.2, 0.25) is 0 Å². The average molecular weight is 308 g/mol. The summed E-state index contributed by atoms with van der Waals surface area (Å²) in [5.41, 5.74) is 0.193. The van der Waals surface area contributed by atoms with Gasteiger partial charge in [0.25, 0.3) is 0 Å². The number of anilines is 1. The molecule has 0 saturated carbocycles. The second-order valence-corrected chi connectivity index (χ2v) is 5.99. The molecule has 19 heavy (non-hydrogen) atoms. The molecule has 0 aromatic heterocycles. The van der Waals surface area contributed by atoms with Gasteiger partial charge in [-0.1, -0.05) is 0 Å². The summed E-state index contributed by atoms with van der Waals surface area (Å²) in [6.45, 7) is -0.482. The molecule has 0 aliphatic carbocycles. The van der Waals surface area contributed by atoms with Gasteiger partial charge in [0.2, 0.25) is 15.3 Å². The van der Waals surface area contributed by atoms with E-state index in [9.17, 15) is 13.2 Å². The highest BCUT2D eigenvalue weighted by molar-refractivity contribution is 7.92. The van der Waals surface area contributed by atoms with Gasteiger partial charge in [-0.15, -0.1) is 0 Å². The summed E-state index contributed by atoms with van der Waals surface area (Å²) < 4.78 is 34.5. The number of benzene rings is 1. The van der Waals surface area contributed by atoms with Crippen LogP contribution < -0.4 is 13.8 Å². The standard InChI is InChI=1S/C11H14ClNO5S/c1-17-8-4-5-10(18-2)9(6-8)13(7-11(12)14)19(3,15)16/h4-6H,7H2,1-3H3. The van der Waals surface area contributed by atoms with Crippen LogP contribution in [0.15, 0.2) is 18.2 Å².